The smallest absolute Gasteiger partial charge is 0.331 e. The Morgan fingerprint density at radius 1 is 1.20 bits per heavy atom. The molecule has 1 aromatic rings. The number of aliphatic hydroxyl groups excluding tert-OH is 2. The highest BCUT2D eigenvalue weighted by Crippen LogP contribution is 2.33. The van der Waals surface area contributed by atoms with E-state index in [9.17, 15) is 30.0 Å². The number of carbonyl (C=O) groups is 2. The maximum atomic E-state index is 11.9. The Labute approximate surface area is 143 Å². The Bertz CT molecular complexity index is 653. The summed E-state index contributed by atoms with van der Waals surface area (Å²) in [7, 11) is 0. The summed E-state index contributed by atoms with van der Waals surface area (Å²) < 4.78 is 5.06. The molecule has 1 aliphatic carbocycles. The third-order valence-electron chi connectivity index (χ3n) is 4.00. The van der Waals surface area contributed by atoms with Crippen molar-refractivity contribution in [2.45, 2.75) is 43.2 Å². The van der Waals surface area contributed by atoms with Crippen molar-refractivity contribution >= 4 is 18.0 Å². The van der Waals surface area contributed by atoms with E-state index in [1.54, 1.807) is 12.1 Å². The minimum absolute atomic E-state index is 0.0803. The molecule has 5 N–H and O–H groups in total. The van der Waals surface area contributed by atoms with Gasteiger partial charge in [0, 0.05) is 18.9 Å². The number of hydrogen-bond acceptors (Lipinski definition) is 7. The number of esters is 1. The molecule has 0 bridgehead atoms. The highest BCUT2D eigenvalue weighted by molar-refractivity contribution is 5.87. The van der Waals surface area contributed by atoms with Gasteiger partial charge in [-0.2, -0.15) is 0 Å². The van der Waals surface area contributed by atoms with Crippen molar-refractivity contribution in [3.05, 3.63) is 35.9 Å². The van der Waals surface area contributed by atoms with E-state index in [0.717, 1.165) is 6.08 Å². The number of aliphatic carboxylic acids is 1. The quantitative estimate of drug-likeness (QED) is 0.369. The van der Waals surface area contributed by atoms with Crippen LogP contribution in [0.2, 0.25) is 0 Å². The predicted octanol–water partition coefficient (Wildman–Crippen LogP) is 0.0386. The van der Waals surface area contributed by atoms with Crippen molar-refractivity contribution < 1.29 is 39.9 Å². The first kappa shape index (κ1) is 18.9. The van der Waals surface area contributed by atoms with Crippen LogP contribution in [-0.4, -0.2) is 61.4 Å². The predicted molar refractivity (Wildman–Crippen MR) is 85.5 cm³/mol. The van der Waals surface area contributed by atoms with E-state index >= 15 is 0 Å². The number of carboxylic acid groups (broad SMARTS) is 1. The number of aliphatic hydroxyl groups is 3. The van der Waals surface area contributed by atoms with Crippen LogP contribution in [0.3, 0.4) is 0 Å². The Kier molecular flexibility index (Phi) is 5.78. The molecule has 1 fully saturated rings. The largest absolute Gasteiger partial charge is 0.508 e. The van der Waals surface area contributed by atoms with Crippen LogP contribution in [0.25, 0.3) is 6.08 Å². The van der Waals surface area contributed by atoms with Crippen LogP contribution in [0.5, 0.6) is 5.75 Å². The fourth-order valence-electron chi connectivity index (χ4n) is 2.81. The highest BCUT2D eigenvalue weighted by atomic mass is 16.6. The van der Waals surface area contributed by atoms with Crippen LogP contribution in [0, 0.1) is 0 Å². The van der Waals surface area contributed by atoms with Crippen LogP contribution in [0.15, 0.2) is 30.3 Å². The molecule has 0 unspecified atom stereocenters. The van der Waals surface area contributed by atoms with Crippen LogP contribution < -0.4 is 0 Å². The highest BCUT2D eigenvalue weighted by Gasteiger charge is 2.46. The molecule has 1 aliphatic rings. The van der Waals surface area contributed by atoms with E-state index < -0.39 is 42.3 Å². The molecule has 2 rings (SSSR count). The topological polar surface area (TPSA) is 145 Å². The molecule has 8 heteroatoms. The third kappa shape index (κ3) is 5.28. The van der Waals surface area contributed by atoms with E-state index in [-0.39, 0.29) is 18.6 Å². The summed E-state index contributed by atoms with van der Waals surface area (Å²) in [4.78, 5) is 22.7. The van der Waals surface area contributed by atoms with E-state index in [1.807, 2.05) is 0 Å². The number of carbonyl (C=O) groups excluding carboxylic acids is 1. The first-order valence-electron chi connectivity index (χ1n) is 7.66. The number of hydrogen-bond donors (Lipinski definition) is 5. The molecule has 0 saturated heterocycles. The van der Waals surface area contributed by atoms with Gasteiger partial charge in [-0.15, -0.1) is 0 Å². The van der Waals surface area contributed by atoms with Gasteiger partial charge in [-0.1, -0.05) is 12.1 Å². The Hall–Kier alpha value is -2.42. The number of phenolic OH excluding ortho intramolecular Hbond substituents is 1. The Balaban J connectivity index is 2.02. The summed E-state index contributed by atoms with van der Waals surface area (Å²) in [6.07, 6.45) is -2.78. The fourth-order valence-corrected chi connectivity index (χ4v) is 2.81. The molecule has 1 saturated carbocycles. The lowest BCUT2D eigenvalue weighted by Crippen LogP contribution is -2.54. The molecular weight excluding hydrogens is 332 g/mol. The number of rotatable bonds is 5. The summed E-state index contributed by atoms with van der Waals surface area (Å²) in [6, 6.07) is 6.03. The maximum absolute atomic E-state index is 11.9. The lowest BCUT2D eigenvalue weighted by molar-refractivity contribution is -0.185. The monoisotopic (exact) mass is 352 g/mol. The van der Waals surface area contributed by atoms with E-state index in [4.69, 9.17) is 9.84 Å². The van der Waals surface area contributed by atoms with Crippen LogP contribution in [0.1, 0.15) is 24.8 Å². The molecule has 0 radical (unpaired) electrons. The summed E-state index contributed by atoms with van der Waals surface area (Å²) in [6.45, 7) is 0. The molecule has 136 valence electrons. The van der Waals surface area contributed by atoms with Gasteiger partial charge >= 0.3 is 11.9 Å². The van der Waals surface area contributed by atoms with Gasteiger partial charge < -0.3 is 30.3 Å². The molecule has 4 atom stereocenters. The van der Waals surface area contributed by atoms with Gasteiger partial charge in [0.25, 0.3) is 0 Å². The molecule has 0 spiro atoms. The van der Waals surface area contributed by atoms with Crippen molar-refractivity contribution in [1.82, 2.24) is 0 Å². The summed E-state index contributed by atoms with van der Waals surface area (Å²) >= 11 is 0. The van der Waals surface area contributed by atoms with Gasteiger partial charge in [-0.25, -0.2) is 4.79 Å². The Morgan fingerprint density at radius 3 is 2.44 bits per heavy atom. The first-order valence-corrected chi connectivity index (χ1v) is 7.66. The van der Waals surface area contributed by atoms with Crippen molar-refractivity contribution in [3.63, 3.8) is 0 Å². The summed E-state index contributed by atoms with van der Waals surface area (Å²) in [5.74, 6) is -2.00. The van der Waals surface area contributed by atoms with Gasteiger partial charge in [0.05, 0.1) is 18.1 Å². The second kappa shape index (κ2) is 7.64. The van der Waals surface area contributed by atoms with Crippen molar-refractivity contribution in [3.8, 4) is 5.75 Å². The summed E-state index contributed by atoms with van der Waals surface area (Å²) in [5, 5.41) is 48.0. The van der Waals surface area contributed by atoms with Gasteiger partial charge in [0.1, 0.15) is 18.0 Å². The van der Waals surface area contributed by atoms with Gasteiger partial charge in [-0.3, -0.25) is 4.79 Å². The van der Waals surface area contributed by atoms with Crippen molar-refractivity contribution in [2.75, 3.05) is 0 Å². The molecule has 0 heterocycles. The molecule has 0 aliphatic heterocycles. The molecule has 25 heavy (non-hydrogen) atoms. The standard InChI is InChI=1S/C17H20O8/c18-11-4-1-10(2-5-11)3-6-15(22)25-13-8-17(24,9-14(20)21)7-12(19)16(13)23/h1-6,12-13,16,18-19,23-24H,7-9H2,(H,20,21)/t12-,13+,16+,17+/m0/s1. The van der Waals surface area contributed by atoms with Crippen molar-refractivity contribution in [2.24, 2.45) is 0 Å². The number of carboxylic acids is 1. The van der Waals surface area contributed by atoms with E-state index in [1.165, 1.54) is 18.2 Å². The average Bonchev–Trinajstić information content (AvgIpc) is 2.50. The zero-order valence-corrected chi connectivity index (χ0v) is 13.3. The average molecular weight is 352 g/mol. The minimum Gasteiger partial charge on any atom is -0.508 e. The van der Waals surface area contributed by atoms with Crippen LogP contribution >= 0.6 is 0 Å². The SMILES string of the molecule is O=C(O)C[C@@]1(O)C[C@H](O)[C@@H](O)[C@H](OC(=O)C=Cc2ccc(O)cc2)C1. The van der Waals surface area contributed by atoms with E-state index in [0.29, 0.717) is 5.56 Å². The van der Waals surface area contributed by atoms with E-state index in [2.05, 4.69) is 0 Å². The lowest BCUT2D eigenvalue weighted by Gasteiger charge is -2.40. The summed E-state index contributed by atoms with van der Waals surface area (Å²) in [5.41, 5.74) is -1.14. The molecule has 1 aromatic carbocycles. The fraction of sp³-hybridized carbons (Fsp3) is 0.412. The molecular formula is C17H20O8. The lowest BCUT2D eigenvalue weighted by atomic mass is 9.77. The van der Waals surface area contributed by atoms with Gasteiger partial charge in [-0.05, 0) is 23.8 Å². The maximum Gasteiger partial charge on any atom is 0.331 e. The minimum atomic E-state index is -1.77. The van der Waals surface area contributed by atoms with Crippen LogP contribution in [-0.2, 0) is 14.3 Å². The normalized spacial score (nSPS) is 29.5. The second-order valence-corrected chi connectivity index (χ2v) is 6.16. The number of aromatic hydroxyl groups is 1. The zero-order valence-electron chi connectivity index (χ0n) is 13.3. The number of phenols is 1. The molecule has 0 aromatic heterocycles. The number of benzene rings is 1. The first-order chi connectivity index (χ1) is 11.7. The third-order valence-corrected chi connectivity index (χ3v) is 4.00. The molecule has 8 nitrogen and oxygen atoms in total. The van der Waals surface area contributed by atoms with Crippen LogP contribution in [0.4, 0.5) is 0 Å². The number of ether oxygens (including phenoxy) is 1. The zero-order chi connectivity index (χ0) is 18.6. The Morgan fingerprint density at radius 2 is 1.84 bits per heavy atom. The second-order valence-electron chi connectivity index (χ2n) is 6.16. The van der Waals surface area contributed by atoms with Gasteiger partial charge in [0.2, 0.25) is 0 Å². The molecule has 0 amide bonds. The van der Waals surface area contributed by atoms with Gasteiger partial charge in [0.15, 0.2) is 0 Å². The van der Waals surface area contributed by atoms with Crippen molar-refractivity contribution in [1.29, 1.82) is 0 Å².